The number of benzene rings is 1. The number of likely N-dealkylation sites (tertiary alicyclic amines) is 1. The summed E-state index contributed by atoms with van der Waals surface area (Å²) in [7, 11) is 0. The van der Waals surface area contributed by atoms with Crippen LogP contribution in [0.2, 0.25) is 0 Å². The standard InChI is InChI=1S/C20H25N3O2/c1-16-7-8-19(15-22-16)25-18-10-13-23(14-11-18)20(24)21-12-9-17-5-3-2-4-6-17/h2-8,15,18H,9-14H2,1H3,(H,21,24). The summed E-state index contributed by atoms with van der Waals surface area (Å²) in [5.41, 5.74) is 2.22. The zero-order valence-corrected chi connectivity index (χ0v) is 14.6. The number of carbonyl (C=O) groups excluding carboxylic acids is 1. The maximum atomic E-state index is 12.3. The maximum absolute atomic E-state index is 12.3. The molecule has 2 heterocycles. The third kappa shape index (κ3) is 5.21. The molecule has 0 unspecified atom stereocenters. The lowest BCUT2D eigenvalue weighted by Crippen LogP contribution is -2.46. The third-order valence-corrected chi connectivity index (χ3v) is 4.45. The van der Waals surface area contributed by atoms with Gasteiger partial charge in [-0.1, -0.05) is 30.3 Å². The molecule has 2 amide bonds. The first-order valence-electron chi connectivity index (χ1n) is 8.87. The molecule has 0 atom stereocenters. The van der Waals surface area contributed by atoms with Crippen molar-refractivity contribution in [2.24, 2.45) is 0 Å². The summed E-state index contributed by atoms with van der Waals surface area (Å²) in [6.07, 6.45) is 4.46. The van der Waals surface area contributed by atoms with Gasteiger partial charge in [0.2, 0.25) is 0 Å². The number of ether oxygens (including phenoxy) is 1. The van der Waals surface area contributed by atoms with E-state index in [1.165, 1.54) is 5.56 Å². The second kappa shape index (κ2) is 8.51. The highest BCUT2D eigenvalue weighted by Gasteiger charge is 2.23. The fourth-order valence-corrected chi connectivity index (χ4v) is 2.96. The zero-order valence-electron chi connectivity index (χ0n) is 14.6. The summed E-state index contributed by atoms with van der Waals surface area (Å²) in [6.45, 7) is 4.06. The highest BCUT2D eigenvalue weighted by atomic mass is 16.5. The second-order valence-electron chi connectivity index (χ2n) is 6.41. The quantitative estimate of drug-likeness (QED) is 0.910. The van der Waals surface area contributed by atoms with Crippen LogP contribution in [0.1, 0.15) is 24.1 Å². The van der Waals surface area contributed by atoms with Crippen LogP contribution < -0.4 is 10.1 Å². The molecular weight excluding hydrogens is 314 g/mol. The van der Waals surface area contributed by atoms with Crippen LogP contribution in [0.15, 0.2) is 48.7 Å². The monoisotopic (exact) mass is 339 g/mol. The molecule has 0 spiro atoms. The van der Waals surface area contributed by atoms with E-state index in [4.69, 9.17) is 4.74 Å². The Morgan fingerprint density at radius 3 is 2.64 bits per heavy atom. The van der Waals surface area contributed by atoms with Gasteiger partial charge in [0.25, 0.3) is 0 Å². The van der Waals surface area contributed by atoms with Gasteiger partial charge >= 0.3 is 6.03 Å². The van der Waals surface area contributed by atoms with Crippen LogP contribution >= 0.6 is 0 Å². The first-order valence-corrected chi connectivity index (χ1v) is 8.87. The molecule has 25 heavy (non-hydrogen) atoms. The third-order valence-electron chi connectivity index (χ3n) is 4.45. The molecule has 3 rings (SSSR count). The van der Waals surface area contributed by atoms with Crippen molar-refractivity contribution < 1.29 is 9.53 Å². The van der Waals surface area contributed by atoms with Crippen LogP contribution in [0.4, 0.5) is 4.79 Å². The molecule has 0 radical (unpaired) electrons. The minimum Gasteiger partial charge on any atom is -0.489 e. The van der Waals surface area contributed by atoms with E-state index in [1.807, 2.05) is 42.2 Å². The minimum absolute atomic E-state index is 0.0198. The normalized spacial score (nSPS) is 15.0. The number of hydrogen-bond donors (Lipinski definition) is 1. The molecule has 1 fully saturated rings. The van der Waals surface area contributed by atoms with Crippen molar-refractivity contribution in [1.29, 1.82) is 0 Å². The second-order valence-corrected chi connectivity index (χ2v) is 6.41. The average Bonchev–Trinajstić information content (AvgIpc) is 2.65. The predicted molar refractivity (Wildman–Crippen MR) is 97.7 cm³/mol. The van der Waals surface area contributed by atoms with Gasteiger partial charge in [0.15, 0.2) is 0 Å². The number of aryl methyl sites for hydroxylation is 1. The van der Waals surface area contributed by atoms with Crippen LogP contribution in [0.5, 0.6) is 5.75 Å². The first-order chi connectivity index (χ1) is 12.2. The van der Waals surface area contributed by atoms with Crippen molar-refractivity contribution in [3.05, 3.63) is 59.9 Å². The van der Waals surface area contributed by atoms with Crippen LogP contribution in [0.3, 0.4) is 0 Å². The molecule has 1 aromatic heterocycles. The summed E-state index contributed by atoms with van der Waals surface area (Å²) in [5, 5.41) is 3.01. The molecule has 5 heteroatoms. The van der Waals surface area contributed by atoms with Crippen molar-refractivity contribution in [3.63, 3.8) is 0 Å². The Labute approximate surface area is 149 Å². The average molecular weight is 339 g/mol. The summed E-state index contributed by atoms with van der Waals surface area (Å²) in [4.78, 5) is 18.4. The van der Waals surface area contributed by atoms with E-state index in [9.17, 15) is 4.79 Å². The van der Waals surface area contributed by atoms with Crippen molar-refractivity contribution in [1.82, 2.24) is 15.2 Å². The van der Waals surface area contributed by atoms with Crippen molar-refractivity contribution in [2.75, 3.05) is 19.6 Å². The number of hydrogen-bond acceptors (Lipinski definition) is 3. The highest BCUT2D eigenvalue weighted by Crippen LogP contribution is 2.18. The molecule has 132 valence electrons. The lowest BCUT2D eigenvalue weighted by Gasteiger charge is -2.32. The number of aromatic nitrogens is 1. The van der Waals surface area contributed by atoms with Gasteiger partial charge in [-0.3, -0.25) is 4.98 Å². The van der Waals surface area contributed by atoms with Gasteiger partial charge in [-0.05, 0) is 31.0 Å². The van der Waals surface area contributed by atoms with Crippen LogP contribution in [-0.2, 0) is 6.42 Å². The largest absolute Gasteiger partial charge is 0.489 e. The van der Waals surface area contributed by atoms with Gasteiger partial charge in [-0.15, -0.1) is 0 Å². The number of nitrogens with zero attached hydrogens (tertiary/aromatic N) is 2. The fourth-order valence-electron chi connectivity index (χ4n) is 2.96. The lowest BCUT2D eigenvalue weighted by molar-refractivity contribution is 0.111. The van der Waals surface area contributed by atoms with Gasteiger partial charge in [-0.25, -0.2) is 4.79 Å². The van der Waals surface area contributed by atoms with E-state index >= 15 is 0 Å². The number of piperidine rings is 1. The van der Waals surface area contributed by atoms with Gasteiger partial charge in [0.05, 0.1) is 6.20 Å². The smallest absolute Gasteiger partial charge is 0.317 e. The fraction of sp³-hybridized carbons (Fsp3) is 0.400. The van der Waals surface area contributed by atoms with E-state index in [2.05, 4.69) is 22.4 Å². The first kappa shape index (κ1) is 17.3. The molecular formula is C20H25N3O2. The molecule has 5 nitrogen and oxygen atoms in total. The van der Waals surface area contributed by atoms with E-state index in [0.717, 1.165) is 43.8 Å². The molecule has 2 aromatic rings. The van der Waals surface area contributed by atoms with E-state index in [0.29, 0.717) is 6.54 Å². The molecule has 1 aromatic carbocycles. The Morgan fingerprint density at radius 1 is 1.20 bits per heavy atom. The van der Waals surface area contributed by atoms with Gasteiger partial charge in [-0.2, -0.15) is 0 Å². The van der Waals surface area contributed by atoms with E-state index in [-0.39, 0.29) is 12.1 Å². The van der Waals surface area contributed by atoms with Crippen molar-refractivity contribution in [2.45, 2.75) is 32.3 Å². The van der Waals surface area contributed by atoms with Crippen molar-refractivity contribution in [3.8, 4) is 5.75 Å². The van der Waals surface area contributed by atoms with Crippen LogP contribution in [0.25, 0.3) is 0 Å². The Bertz CT molecular complexity index is 665. The topological polar surface area (TPSA) is 54.5 Å². The summed E-state index contributed by atoms with van der Waals surface area (Å²) in [6, 6.07) is 14.1. The molecule has 0 bridgehead atoms. The summed E-state index contributed by atoms with van der Waals surface area (Å²) < 4.78 is 5.96. The zero-order chi connectivity index (χ0) is 17.5. The Kier molecular flexibility index (Phi) is 5.88. The molecule has 1 aliphatic heterocycles. The van der Waals surface area contributed by atoms with Crippen molar-refractivity contribution >= 4 is 6.03 Å². The predicted octanol–water partition coefficient (Wildman–Crippen LogP) is 3.19. The van der Waals surface area contributed by atoms with Crippen LogP contribution in [0, 0.1) is 6.92 Å². The molecule has 1 N–H and O–H groups in total. The summed E-state index contributed by atoms with van der Waals surface area (Å²) >= 11 is 0. The lowest BCUT2D eigenvalue weighted by atomic mass is 10.1. The number of amides is 2. The molecule has 1 aliphatic rings. The maximum Gasteiger partial charge on any atom is 0.317 e. The minimum atomic E-state index is 0.0198. The van der Waals surface area contributed by atoms with E-state index < -0.39 is 0 Å². The van der Waals surface area contributed by atoms with Crippen LogP contribution in [-0.4, -0.2) is 41.7 Å². The molecule has 0 saturated carbocycles. The van der Waals surface area contributed by atoms with Gasteiger partial charge in [0, 0.05) is 38.2 Å². The number of rotatable bonds is 5. The number of carbonyl (C=O) groups is 1. The SMILES string of the molecule is Cc1ccc(OC2CCN(C(=O)NCCc3ccccc3)CC2)cn1. The Balaban J connectivity index is 1.38. The summed E-state index contributed by atoms with van der Waals surface area (Å²) in [5.74, 6) is 0.802. The Hall–Kier alpha value is -2.56. The number of urea groups is 1. The van der Waals surface area contributed by atoms with E-state index in [1.54, 1.807) is 6.20 Å². The molecule has 0 aliphatic carbocycles. The Morgan fingerprint density at radius 2 is 1.96 bits per heavy atom. The number of pyridine rings is 1. The van der Waals surface area contributed by atoms with Gasteiger partial charge in [0.1, 0.15) is 11.9 Å². The number of nitrogens with one attached hydrogen (secondary N) is 1. The highest BCUT2D eigenvalue weighted by molar-refractivity contribution is 5.74. The van der Waals surface area contributed by atoms with Gasteiger partial charge < -0.3 is 15.0 Å². The molecule has 1 saturated heterocycles.